The van der Waals surface area contributed by atoms with Gasteiger partial charge in [0.1, 0.15) is 11.6 Å². The summed E-state index contributed by atoms with van der Waals surface area (Å²) in [4.78, 5) is 9.77. The number of sulfonamides is 1. The van der Waals surface area contributed by atoms with E-state index in [1.165, 1.54) is 24.5 Å². The number of benzene rings is 1. The first-order valence-electron chi connectivity index (χ1n) is 8.76. The van der Waals surface area contributed by atoms with Crippen molar-refractivity contribution < 1.29 is 17.9 Å². The zero-order valence-electron chi connectivity index (χ0n) is 15.3. The maximum absolute atomic E-state index is 13.6. The molecule has 1 aliphatic rings. The van der Waals surface area contributed by atoms with E-state index < -0.39 is 21.9 Å². The van der Waals surface area contributed by atoms with Crippen LogP contribution in [0.15, 0.2) is 53.8 Å². The molecule has 0 amide bonds. The van der Waals surface area contributed by atoms with E-state index >= 15 is 0 Å². The summed E-state index contributed by atoms with van der Waals surface area (Å²) in [5, 5.41) is 9.37. The molecule has 0 radical (unpaired) electrons. The van der Waals surface area contributed by atoms with Crippen LogP contribution in [0.25, 0.3) is 11.1 Å². The van der Waals surface area contributed by atoms with Crippen LogP contribution in [-0.4, -0.2) is 42.7 Å². The normalized spacial score (nSPS) is 14.5. The van der Waals surface area contributed by atoms with Crippen LogP contribution in [0.1, 0.15) is 0 Å². The van der Waals surface area contributed by atoms with Gasteiger partial charge in [0.2, 0.25) is 0 Å². The first-order chi connectivity index (χ1) is 14.2. The number of hydrogen-bond acceptors (Lipinski definition) is 6. The summed E-state index contributed by atoms with van der Waals surface area (Å²) in [5.74, 6) is -0.622. The van der Waals surface area contributed by atoms with Gasteiger partial charge in [-0.2, -0.15) is 8.42 Å². The summed E-state index contributed by atoms with van der Waals surface area (Å²) in [5.41, 5.74) is 1.32. The van der Waals surface area contributed by atoms with Crippen LogP contribution in [0.2, 0.25) is 10.0 Å². The molecule has 0 saturated carbocycles. The number of β-amino-alcohol motifs (C(OH)–C–C–N with tert-alkyl or cyclic N) is 1. The maximum Gasteiger partial charge on any atom is 0.282 e. The fraction of sp³-hybridized carbons (Fsp3) is 0.158. The van der Waals surface area contributed by atoms with Crippen molar-refractivity contribution in [2.45, 2.75) is 11.1 Å². The summed E-state index contributed by atoms with van der Waals surface area (Å²) in [7, 11) is -4.07. The Morgan fingerprint density at radius 1 is 1.10 bits per heavy atom. The molecule has 0 unspecified atom stereocenters. The predicted molar refractivity (Wildman–Crippen MR) is 113 cm³/mol. The molecular weight excluding hydrogens is 454 g/mol. The van der Waals surface area contributed by atoms with Gasteiger partial charge in [-0.1, -0.05) is 23.2 Å². The van der Waals surface area contributed by atoms with Gasteiger partial charge in [0.25, 0.3) is 10.0 Å². The minimum Gasteiger partial charge on any atom is -0.389 e. The lowest BCUT2D eigenvalue weighted by atomic mass is 10.1. The Balaban J connectivity index is 1.66. The highest BCUT2D eigenvalue weighted by Crippen LogP contribution is 2.34. The molecule has 30 heavy (non-hydrogen) atoms. The largest absolute Gasteiger partial charge is 0.389 e. The minimum absolute atomic E-state index is 0.0317. The molecule has 0 aliphatic carbocycles. The fourth-order valence-electron chi connectivity index (χ4n) is 3.07. The molecule has 11 heteroatoms. The highest BCUT2D eigenvalue weighted by molar-refractivity contribution is 7.92. The van der Waals surface area contributed by atoms with E-state index in [0.717, 1.165) is 6.07 Å². The second-order valence-electron chi connectivity index (χ2n) is 6.67. The number of pyridine rings is 2. The van der Waals surface area contributed by atoms with Crippen LogP contribution in [0.4, 0.5) is 15.9 Å². The molecule has 1 aliphatic heterocycles. The summed E-state index contributed by atoms with van der Waals surface area (Å²) in [6.07, 6.45) is 2.27. The quantitative estimate of drug-likeness (QED) is 0.555. The van der Waals surface area contributed by atoms with Gasteiger partial charge < -0.3 is 10.0 Å². The molecule has 7 nitrogen and oxygen atoms in total. The number of aliphatic hydroxyl groups is 1. The van der Waals surface area contributed by atoms with Crippen molar-refractivity contribution >= 4 is 44.7 Å². The van der Waals surface area contributed by atoms with Gasteiger partial charge in [-0.25, -0.2) is 14.4 Å². The number of hydrogen-bond donors (Lipinski definition) is 2. The molecule has 1 aromatic carbocycles. The van der Waals surface area contributed by atoms with E-state index in [2.05, 4.69) is 14.7 Å². The van der Waals surface area contributed by atoms with Gasteiger partial charge in [-0.15, -0.1) is 0 Å². The lowest BCUT2D eigenvalue weighted by Crippen LogP contribution is -2.51. The zero-order valence-corrected chi connectivity index (χ0v) is 17.6. The van der Waals surface area contributed by atoms with E-state index in [1.807, 2.05) is 0 Å². The molecule has 0 bridgehead atoms. The highest BCUT2D eigenvalue weighted by atomic mass is 35.5. The average molecular weight is 469 g/mol. The van der Waals surface area contributed by atoms with Crippen LogP contribution in [0.5, 0.6) is 0 Å². The summed E-state index contributed by atoms with van der Waals surface area (Å²) < 4.78 is 41.9. The molecule has 4 rings (SSSR count). The Morgan fingerprint density at radius 2 is 1.87 bits per heavy atom. The van der Waals surface area contributed by atoms with Crippen molar-refractivity contribution in [1.29, 1.82) is 0 Å². The van der Waals surface area contributed by atoms with Crippen LogP contribution in [0.3, 0.4) is 0 Å². The topological polar surface area (TPSA) is 95.4 Å². The standard InChI is InChI=1S/C19H15Cl2FN4O3S/c20-14-8-16(22)15(21)7-13(14)11-3-5-23-18(6-11)25-30(28,29)19-17(2-1-4-24-19)26-9-12(27)10-26/h1-8,12,27H,9-10H2,(H,23,25). The van der Waals surface area contributed by atoms with E-state index in [9.17, 15) is 17.9 Å². The molecule has 1 fully saturated rings. The van der Waals surface area contributed by atoms with E-state index in [1.54, 1.807) is 23.1 Å². The number of anilines is 2. The van der Waals surface area contributed by atoms with Crippen molar-refractivity contribution in [2.75, 3.05) is 22.7 Å². The molecular formula is C19H15Cl2FN4O3S. The Morgan fingerprint density at radius 3 is 2.60 bits per heavy atom. The Bertz CT molecular complexity index is 1220. The molecule has 1 saturated heterocycles. The molecule has 3 heterocycles. The SMILES string of the molecule is O=S(=O)(Nc1cc(-c2cc(Cl)c(F)cc2Cl)ccn1)c1ncccc1N1CC(O)C1. The molecule has 0 atom stereocenters. The molecule has 156 valence electrons. The second kappa shape index (κ2) is 7.99. The van der Waals surface area contributed by atoms with Crippen molar-refractivity contribution in [3.05, 3.63) is 64.7 Å². The number of halogens is 3. The van der Waals surface area contributed by atoms with E-state index in [4.69, 9.17) is 23.2 Å². The smallest absolute Gasteiger partial charge is 0.282 e. The van der Waals surface area contributed by atoms with Gasteiger partial charge in [0.15, 0.2) is 5.03 Å². The second-order valence-corrected chi connectivity index (χ2v) is 9.08. The highest BCUT2D eigenvalue weighted by Gasteiger charge is 2.31. The fourth-order valence-corrected chi connectivity index (χ4v) is 4.64. The van der Waals surface area contributed by atoms with Gasteiger partial charge >= 0.3 is 0 Å². The third kappa shape index (κ3) is 4.06. The zero-order chi connectivity index (χ0) is 21.5. The van der Waals surface area contributed by atoms with Crippen LogP contribution >= 0.6 is 23.2 Å². The molecule has 3 aromatic rings. The van der Waals surface area contributed by atoms with Crippen LogP contribution < -0.4 is 9.62 Å². The molecule has 2 aromatic heterocycles. The lowest BCUT2D eigenvalue weighted by Gasteiger charge is -2.38. The maximum atomic E-state index is 13.6. The predicted octanol–water partition coefficient (Wildman–Crippen LogP) is 3.57. The van der Waals surface area contributed by atoms with Crippen molar-refractivity contribution in [3.63, 3.8) is 0 Å². The monoisotopic (exact) mass is 468 g/mol. The van der Waals surface area contributed by atoms with Crippen LogP contribution in [-0.2, 0) is 10.0 Å². The number of nitrogens with zero attached hydrogens (tertiary/aromatic N) is 3. The third-order valence-electron chi connectivity index (χ3n) is 4.53. The van der Waals surface area contributed by atoms with E-state index in [0.29, 0.717) is 29.9 Å². The number of nitrogens with one attached hydrogen (secondary N) is 1. The number of rotatable bonds is 5. The first kappa shape index (κ1) is 20.8. The summed E-state index contributed by atoms with van der Waals surface area (Å²) in [6, 6.07) is 8.75. The number of aromatic nitrogens is 2. The number of aliphatic hydroxyl groups excluding tert-OH is 1. The van der Waals surface area contributed by atoms with E-state index in [-0.39, 0.29) is 20.9 Å². The Labute approximate surface area is 182 Å². The Kier molecular flexibility index (Phi) is 5.54. The first-order valence-corrected chi connectivity index (χ1v) is 11.0. The van der Waals surface area contributed by atoms with Gasteiger partial charge in [-0.3, -0.25) is 4.72 Å². The molecule has 0 spiro atoms. The van der Waals surface area contributed by atoms with Gasteiger partial charge in [0, 0.05) is 31.0 Å². The summed E-state index contributed by atoms with van der Waals surface area (Å²) >= 11 is 12.0. The molecule has 2 N–H and O–H groups in total. The van der Waals surface area contributed by atoms with Crippen molar-refractivity contribution in [2.24, 2.45) is 0 Å². The third-order valence-corrected chi connectivity index (χ3v) is 6.43. The van der Waals surface area contributed by atoms with Crippen molar-refractivity contribution in [1.82, 2.24) is 9.97 Å². The Hall–Kier alpha value is -2.46. The van der Waals surface area contributed by atoms with Gasteiger partial charge in [0.05, 0.1) is 21.8 Å². The van der Waals surface area contributed by atoms with Gasteiger partial charge in [-0.05, 0) is 42.0 Å². The minimum atomic E-state index is -4.07. The van der Waals surface area contributed by atoms with Crippen molar-refractivity contribution in [3.8, 4) is 11.1 Å². The average Bonchev–Trinajstić information content (AvgIpc) is 2.68. The van der Waals surface area contributed by atoms with Crippen LogP contribution in [0, 0.1) is 5.82 Å². The summed E-state index contributed by atoms with van der Waals surface area (Å²) in [6.45, 7) is 0.650. The lowest BCUT2D eigenvalue weighted by molar-refractivity contribution is 0.141.